The highest BCUT2D eigenvalue weighted by molar-refractivity contribution is 7.09. The van der Waals surface area contributed by atoms with Crippen molar-refractivity contribution in [2.24, 2.45) is 5.92 Å². The molecular weight excluding hydrogens is 264 g/mol. The SMILES string of the molecule is CC(C)Cc1cccc(C(=O)CCCc2cccs2)c1. The van der Waals surface area contributed by atoms with E-state index in [-0.39, 0.29) is 5.78 Å². The Kier molecular flexibility index (Phi) is 5.54. The van der Waals surface area contributed by atoms with Gasteiger partial charge in [0, 0.05) is 16.9 Å². The maximum absolute atomic E-state index is 12.2. The van der Waals surface area contributed by atoms with Crippen molar-refractivity contribution in [1.82, 2.24) is 0 Å². The lowest BCUT2D eigenvalue weighted by Crippen LogP contribution is -2.02. The van der Waals surface area contributed by atoms with Gasteiger partial charge in [0.2, 0.25) is 0 Å². The molecule has 0 saturated carbocycles. The summed E-state index contributed by atoms with van der Waals surface area (Å²) >= 11 is 1.77. The van der Waals surface area contributed by atoms with Crippen LogP contribution in [0.5, 0.6) is 0 Å². The molecule has 1 aromatic heterocycles. The van der Waals surface area contributed by atoms with Gasteiger partial charge in [-0.2, -0.15) is 0 Å². The quantitative estimate of drug-likeness (QED) is 0.643. The first-order valence-corrected chi connectivity index (χ1v) is 8.17. The highest BCUT2D eigenvalue weighted by Crippen LogP contribution is 2.15. The second-order valence-electron chi connectivity index (χ2n) is 5.65. The summed E-state index contributed by atoms with van der Waals surface area (Å²) in [6.07, 6.45) is 3.63. The Balaban J connectivity index is 1.88. The number of Topliss-reactive ketones (excluding diaryl/α,β-unsaturated/α-hetero) is 1. The third kappa shape index (κ3) is 4.61. The normalized spacial score (nSPS) is 10.9. The van der Waals surface area contributed by atoms with Crippen LogP contribution in [0.15, 0.2) is 41.8 Å². The predicted octanol–water partition coefficient (Wildman–Crippen LogP) is 5.15. The molecule has 2 aromatic rings. The summed E-state index contributed by atoms with van der Waals surface area (Å²) in [5, 5.41) is 2.09. The number of hydrogen-bond acceptors (Lipinski definition) is 2. The van der Waals surface area contributed by atoms with E-state index in [1.165, 1.54) is 10.4 Å². The third-order valence-electron chi connectivity index (χ3n) is 3.30. The first kappa shape index (κ1) is 15.0. The summed E-state index contributed by atoms with van der Waals surface area (Å²) < 4.78 is 0. The number of aryl methyl sites for hydroxylation is 1. The van der Waals surface area contributed by atoms with Crippen LogP contribution in [-0.4, -0.2) is 5.78 Å². The number of carbonyl (C=O) groups excluding carboxylic acids is 1. The average Bonchev–Trinajstić information content (AvgIpc) is 2.91. The minimum absolute atomic E-state index is 0.271. The van der Waals surface area contributed by atoms with Crippen LogP contribution in [0.25, 0.3) is 0 Å². The molecule has 0 radical (unpaired) electrons. The molecule has 106 valence electrons. The van der Waals surface area contributed by atoms with Gasteiger partial charge < -0.3 is 0 Å². The summed E-state index contributed by atoms with van der Waals surface area (Å²) in [5.41, 5.74) is 2.14. The van der Waals surface area contributed by atoms with Crippen LogP contribution in [0.4, 0.5) is 0 Å². The van der Waals surface area contributed by atoms with Gasteiger partial charge in [0.15, 0.2) is 5.78 Å². The Morgan fingerprint density at radius 2 is 2.05 bits per heavy atom. The molecule has 2 rings (SSSR count). The number of thiophene rings is 1. The summed E-state index contributed by atoms with van der Waals surface area (Å²) in [6.45, 7) is 4.41. The van der Waals surface area contributed by atoms with Gasteiger partial charge in [-0.3, -0.25) is 4.79 Å². The molecule has 2 heteroatoms. The molecule has 0 atom stereocenters. The van der Waals surface area contributed by atoms with Crippen molar-refractivity contribution in [2.45, 2.75) is 39.5 Å². The topological polar surface area (TPSA) is 17.1 Å². The van der Waals surface area contributed by atoms with Gasteiger partial charge in [-0.25, -0.2) is 0 Å². The van der Waals surface area contributed by atoms with Crippen LogP contribution in [0, 0.1) is 5.92 Å². The summed E-state index contributed by atoms with van der Waals surface area (Å²) in [7, 11) is 0. The average molecular weight is 286 g/mol. The predicted molar refractivity (Wildman–Crippen MR) is 86.6 cm³/mol. The molecule has 0 fully saturated rings. The van der Waals surface area contributed by atoms with Gasteiger partial charge in [-0.15, -0.1) is 11.3 Å². The number of benzene rings is 1. The highest BCUT2D eigenvalue weighted by Gasteiger charge is 2.07. The van der Waals surface area contributed by atoms with Gasteiger partial charge in [-0.1, -0.05) is 38.1 Å². The van der Waals surface area contributed by atoms with Crippen molar-refractivity contribution in [1.29, 1.82) is 0 Å². The molecule has 0 aliphatic heterocycles. The Morgan fingerprint density at radius 1 is 1.20 bits per heavy atom. The molecule has 20 heavy (non-hydrogen) atoms. The lowest BCUT2D eigenvalue weighted by Gasteiger charge is -2.07. The fourth-order valence-electron chi connectivity index (χ4n) is 2.37. The van der Waals surface area contributed by atoms with E-state index in [2.05, 4.69) is 43.5 Å². The van der Waals surface area contributed by atoms with Gasteiger partial charge in [0.05, 0.1) is 0 Å². The molecule has 0 bridgehead atoms. The molecule has 0 unspecified atom stereocenters. The van der Waals surface area contributed by atoms with E-state index in [0.29, 0.717) is 12.3 Å². The Morgan fingerprint density at radius 3 is 2.75 bits per heavy atom. The standard InChI is InChI=1S/C18H22OS/c1-14(2)12-15-6-3-7-16(13-15)18(19)10-4-8-17-9-5-11-20-17/h3,5-7,9,11,13-14H,4,8,10,12H2,1-2H3. The molecule has 0 N–H and O–H groups in total. The molecule has 0 aliphatic carbocycles. The number of carbonyl (C=O) groups is 1. The van der Waals surface area contributed by atoms with Crippen LogP contribution in [0.2, 0.25) is 0 Å². The van der Waals surface area contributed by atoms with Gasteiger partial charge in [0.1, 0.15) is 0 Å². The van der Waals surface area contributed by atoms with E-state index in [9.17, 15) is 4.79 Å². The molecule has 0 amide bonds. The van der Waals surface area contributed by atoms with Crippen molar-refractivity contribution in [3.8, 4) is 0 Å². The monoisotopic (exact) mass is 286 g/mol. The lowest BCUT2D eigenvalue weighted by atomic mass is 9.98. The zero-order valence-corrected chi connectivity index (χ0v) is 13.1. The third-order valence-corrected chi connectivity index (χ3v) is 4.24. The Bertz CT molecular complexity index is 540. The second kappa shape index (κ2) is 7.39. The van der Waals surface area contributed by atoms with Crippen LogP contribution in [0.1, 0.15) is 47.5 Å². The fourth-order valence-corrected chi connectivity index (χ4v) is 3.12. The lowest BCUT2D eigenvalue weighted by molar-refractivity contribution is 0.0980. The molecule has 0 saturated heterocycles. The molecule has 0 spiro atoms. The number of hydrogen-bond donors (Lipinski definition) is 0. The fraction of sp³-hybridized carbons (Fsp3) is 0.389. The Hall–Kier alpha value is -1.41. The Labute approximate surface area is 125 Å². The minimum atomic E-state index is 0.271. The van der Waals surface area contributed by atoms with E-state index >= 15 is 0 Å². The zero-order chi connectivity index (χ0) is 14.4. The minimum Gasteiger partial charge on any atom is -0.294 e. The zero-order valence-electron chi connectivity index (χ0n) is 12.3. The first-order chi connectivity index (χ1) is 9.65. The highest BCUT2D eigenvalue weighted by atomic mass is 32.1. The maximum Gasteiger partial charge on any atom is 0.162 e. The van der Waals surface area contributed by atoms with Crippen molar-refractivity contribution in [2.75, 3.05) is 0 Å². The van der Waals surface area contributed by atoms with E-state index < -0.39 is 0 Å². The summed E-state index contributed by atoms with van der Waals surface area (Å²) in [6, 6.07) is 12.3. The molecule has 1 nitrogen and oxygen atoms in total. The van der Waals surface area contributed by atoms with Crippen molar-refractivity contribution in [3.05, 3.63) is 57.8 Å². The van der Waals surface area contributed by atoms with E-state index in [1.54, 1.807) is 11.3 Å². The summed E-state index contributed by atoms with van der Waals surface area (Å²) in [4.78, 5) is 13.6. The van der Waals surface area contributed by atoms with Gasteiger partial charge >= 0.3 is 0 Å². The van der Waals surface area contributed by atoms with Crippen LogP contribution in [-0.2, 0) is 12.8 Å². The summed E-state index contributed by atoms with van der Waals surface area (Å²) in [5.74, 6) is 0.895. The van der Waals surface area contributed by atoms with E-state index in [4.69, 9.17) is 0 Å². The molecular formula is C18H22OS. The first-order valence-electron chi connectivity index (χ1n) is 7.29. The molecule has 1 heterocycles. The smallest absolute Gasteiger partial charge is 0.162 e. The second-order valence-corrected chi connectivity index (χ2v) is 6.69. The van der Waals surface area contributed by atoms with Crippen molar-refractivity contribution < 1.29 is 4.79 Å². The largest absolute Gasteiger partial charge is 0.294 e. The van der Waals surface area contributed by atoms with E-state index in [1.807, 2.05) is 12.1 Å². The number of ketones is 1. The van der Waals surface area contributed by atoms with E-state index in [0.717, 1.165) is 24.8 Å². The van der Waals surface area contributed by atoms with Gasteiger partial charge in [0.25, 0.3) is 0 Å². The maximum atomic E-state index is 12.2. The van der Waals surface area contributed by atoms with Crippen LogP contribution < -0.4 is 0 Å². The van der Waals surface area contributed by atoms with Crippen LogP contribution in [0.3, 0.4) is 0 Å². The van der Waals surface area contributed by atoms with Crippen LogP contribution >= 0.6 is 11.3 Å². The van der Waals surface area contributed by atoms with Crippen molar-refractivity contribution >= 4 is 17.1 Å². The van der Waals surface area contributed by atoms with Gasteiger partial charge in [-0.05, 0) is 48.3 Å². The number of rotatable bonds is 7. The molecule has 0 aliphatic rings. The van der Waals surface area contributed by atoms with Crippen molar-refractivity contribution in [3.63, 3.8) is 0 Å². The molecule has 1 aromatic carbocycles.